The van der Waals surface area contributed by atoms with Gasteiger partial charge in [0.25, 0.3) is 0 Å². The van der Waals surface area contributed by atoms with E-state index in [9.17, 15) is 13.2 Å². The van der Waals surface area contributed by atoms with Gasteiger partial charge in [0.1, 0.15) is 12.6 Å². The van der Waals surface area contributed by atoms with E-state index in [1.54, 1.807) is 0 Å². The fraction of sp³-hybridized carbons (Fsp3) is 0.875. The predicted octanol–water partition coefficient (Wildman–Crippen LogP) is 0.125. The third-order valence-electron chi connectivity index (χ3n) is 1.43. The van der Waals surface area contributed by atoms with Gasteiger partial charge in [0.2, 0.25) is 0 Å². The van der Waals surface area contributed by atoms with Gasteiger partial charge in [-0.05, 0) is 0 Å². The zero-order valence-corrected chi connectivity index (χ0v) is 8.97. The van der Waals surface area contributed by atoms with Crippen molar-refractivity contribution in [3.63, 3.8) is 0 Å². The summed E-state index contributed by atoms with van der Waals surface area (Å²) in [5.74, 6) is -2.26. The number of primary amides is 1. The number of carbonyl (C=O) groups excluding carboxylic acids is 1. The molecule has 7 heteroatoms. The number of hydrogen-bond donors (Lipinski definition) is 1. The standard InChI is InChI=1S/C6H14NO.C2H2F3NO/c1-7(2,3)4-6-5-8-6;3-2(4,5)1(6)7/h6H,4-5H2,1-3H3;(H2,6,7)/q+1;. The largest absolute Gasteiger partial charge is 0.470 e. The Balaban J connectivity index is 0.000000265. The molecule has 0 aromatic rings. The molecule has 0 saturated carbocycles. The van der Waals surface area contributed by atoms with Gasteiger partial charge < -0.3 is 15.0 Å². The topological polar surface area (TPSA) is 55.6 Å². The lowest BCUT2D eigenvalue weighted by Gasteiger charge is -2.22. The summed E-state index contributed by atoms with van der Waals surface area (Å²) in [7, 11) is 6.55. The Morgan fingerprint density at radius 1 is 1.47 bits per heavy atom. The van der Waals surface area contributed by atoms with Crippen LogP contribution in [0.1, 0.15) is 0 Å². The highest BCUT2D eigenvalue weighted by atomic mass is 19.4. The van der Waals surface area contributed by atoms with Crippen LogP contribution in [0.4, 0.5) is 13.2 Å². The summed E-state index contributed by atoms with van der Waals surface area (Å²) in [6.07, 6.45) is -4.30. The normalized spacial score (nSPS) is 20.3. The van der Waals surface area contributed by atoms with Gasteiger partial charge in [-0.15, -0.1) is 0 Å². The number of likely N-dealkylation sites (N-methyl/N-ethyl adjacent to an activating group) is 1. The van der Waals surface area contributed by atoms with Crippen LogP contribution in [0, 0.1) is 0 Å². The second kappa shape index (κ2) is 4.80. The SMILES string of the molecule is C[N+](C)(C)CC1CO1.NC(=O)C(F)(F)F. The lowest BCUT2D eigenvalue weighted by molar-refractivity contribution is -0.870. The van der Waals surface area contributed by atoms with Gasteiger partial charge in [-0.3, -0.25) is 4.79 Å². The molecule has 1 unspecified atom stereocenters. The van der Waals surface area contributed by atoms with E-state index in [4.69, 9.17) is 9.53 Å². The summed E-state index contributed by atoms with van der Waals surface area (Å²) in [5.41, 5.74) is 3.81. The van der Waals surface area contributed by atoms with Crippen molar-refractivity contribution in [2.75, 3.05) is 34.3 Å². The van der Waals surface area contributed by atoms with E-state index in [-0.39, 0.29) is 0 Å². The molecule has 4 nitrogen and oxygen atoms in total. The Bertz CT molecular complexity index is 219. The molecular weight excluding hydrogens is 213 g/mol. The maximum Gasteiger partial charge on any atom is 0.470 e. The lowest BCUT2D eigenvalue weighted by Crippen LogP contribution is -2.37. The first kappa shape index (κ1) is 14.2. The Hall–Kier alpha value is -0.820. The van der Waals surface area contributed by atoms with E-state index in [1.165, 1.54) is 0 Å². The second-order valence-corrected chi connectivity index (χ2v) is 4.29. The van der Waals surface area contributed by atoms with Gasteiger partial charge in [-0.2, -0.15) is 13.2 Å². The fourth-order valence-electron chi connectivity index (χ4n) is 0.784. The van der Waals surface area contributed by atoms with Crippen molar-refractivity contribution in [3.8, 4) is 0 Å². The number of quaternary nitrogens is 1. The maximum absolute atomic E-state index is 10.7. The number of rotatable bonds is 2. The van der Waals surface area contributed by atoms with Crippen LogP contribution < -0.4 is 5.73 Å². The number of nitrogens with two attached hydrogens (primary N) is 1. The minimum absolute atomic E-state index is 0.565. The smallest absolute Gasteiger partial charge is 0.367 e. The van der Waals surface area contributed by atoms with E-state index in [2.05, 4.69) is 26.9 Å². The van der Waals surface area contributed by atoms with Crippen molar-refractivity contribution in [1.29, 1.82) is 0 Å². The molecule has 1 fully saturated rings. The molecule has 90 valence electrons. The van der Waals surface area contributed by atoms with Crippen LogP contribution in [0.2, 0.25) is 0 Å². The average Bonchev–Trinajstić information content (AvgIpc) is 2.66. The van der Waals surface area contributed by atoms with Crippen molar-refractivity contribution in [3.05, 3.63) is 0 Å². The number of amides is 1. The Morgan fingerprint density at radius 3 is 1.87 bits per heavy atom. The zero-order valence-electron chi connectivity index (χ0n) is 8.97. The number of ether oxygens (including phenoxy) is 1. The summed E-state index contributed by atoms with van der Waals surface area (Å²) in [6, 6.07) is 0. The minimum atomic E-state index is -4.86. The van der Waals surface area contributed by atoms with Crippen molar-refractivity contribution < 1.29 is 27.2 Å². The van der Waals surface area contributed by atoms with E-state index >= 15 is 0 Å². The highest BCUT2D eigenvalue weighted by molar-refractivity contribution is 5.79. The third-order valence-corrected chi connectivity index (χ3v) is 1.43. The number of epoxide rings is 1. The van der Waals surface area contributed by atoms with Crippen molar-refractivity contribution in [2.45, 2.75) is 12.3 Å². The Labute approximate surface area is 86.4 Å². The number of nitrogens with zero attached hydrogens (tertiary/aromatic N) is 1. The summed E-state index contributed by atoms with van der Waals surface area (Å²) in [6.45, 7) is 2.13. The van der Waals surface area contributed by atoms with E-state index < -0.39 is 12.1 Å². The summed E-state index contributed by atoms with van der Waals surface area (Å²) in [5, 5.41) is 0. The van der Waals surface area contributed by atoms with E-state index in [1.807, 2.05) is 0 Å². The molecule has 1 rings (SSSR count). The Morgan fingerprint density at radius 2 is 1.80 bits per heavy atom. The predicted molar refractivity (Wildman–Crippen MR) is 47.9 cm³/mol. The molecule has 1 atom stereocenters. The molecule has 0 bridgehead atoms. The first-order valence-corrected chi connectivity index (χ1v) is 4.31. The summed E-state index contributed by atoms with van der Waals surface area (Å²) in [4.78, 5) is 9.12. The zero-order chi connectivity index (χ0) is 12.3. The van der Waals surface area contributed by atoms with Crippen LogP contribution in [0.15, 0.2) is 0 Å². The molecule has 2 N–H and O–H groups in total. The van der Waals surface area contributed by atoms with Crippen LogP contribution in [0.25, 0.3) is 0 Å². The molecule has 0 spiro atoms. The van der Waals surface area contributed by atoms with Crippen molar-refractivity contribution in [2.24, 2.45) is 5.73 Å². The van der Waals surface area contributed by atoms with Gasteiger partial charge in [-0.1, -0.05) is 0 Å². The van der Waals surface area contributed by atoms with Gasteiger partial charge in [0.15, 0.2) is 0 Å². The molecular formula is C8H16F3N2O2+. The first-order chi connectivity index (χ1) is 6.52. The summed E-state index contributed by atoms with van der Waals surface area (Å²) < 4.78 is 38.2. The lowest BCUT2D eigenvalue weighted by atomic mass is 10.4. The molecule has 1 heterocycles. The molecule has 1 saturated heterocycles. The van der Waals surface area contributed by atoms with Crippen molar-refractivity contribution >= 4 is 5.91 Å². The number of halogens is 3. The Kier molecular flexibility index (Phi) is 4.54. The van der Waals surface area contributed by atoms with Crippen LogP contribution in [0.3, 0.4) is 0 Å². The summed E-state index contributed by atoms with van der Waals surface area (Å²) >= 11 is 0. The molecule has 0 aliphatic carbocycles. The highest BCUT2D eigenvalue weighted by Gasteiger charge is 2.35. The molecule has 1 amide bonds. The maximum atomic E-state index is 10.7. The van der Waals surface area contributed by atoms with E-state index in [0.29, 0.717) is 6.10 Å². The van der Waals surface area contributed by atoms with Gasteiger partial charge in [0.05, 0.1) is 27.7 Å². The van der Waals surface area contributed by atoms with Gasteiger partial charge in [0, 0.05) is 0 Å². The fourth-order valence-corrected chi connectivity index (χ4v) is 0.784. The molecule has 0 aromatic heterocycles. The van der Waals surface area contributed by atoms with Crippen LogP contribution in [0.5, 0.6) is 0 Å². The van der Waals surface area contributed by atoms with Crippen LogP contribution in [-0.2, 0) is 9.53 Å². The first-order valence-electron chi connectivity index (χ1n) is 4.31. The molecule has 1 aliphatic heterocycles. The van der Waals surface area contributed by atoms with Gasteiger partial charge in [-0.25, -0.2) is 0 Å². The van der Waals surface area contributed by atoms with Crippen LogP contribution >= 0.6 is 0 Å². The average molecular weight is 229 g/mol. The molecule has 0 radical (unpaired) electrons. The second-order valence-electron chi connectivity index (χ2n) is 4.29. The molecule has 1 aliphatic rings. The quantitative estimate of drug-likeness (QED) is 0.540. The molecule has 15 heavy (non-hydrogen) atoms. The van der Waals surface area contributed by atoms with Crippen molar-refractivity contribution in [1.82, 2.24) is 0 Å². The minimum Gasteiger partial charge on any atom is -0.367 e. The van der Waals surface area contributed by atoms with E-state index in [0.717, 1.165) is 17.6 Å². The molecule has 0 aromatic carbocycles. The number of alkyl halides is 3. The monoisotopic (exact) mass is 229 g/mol. The highest BCUT2D eigenvalue weighted by Crippen LogP contribution is 2.12. The number of hydrogen-bond acceptors (Lipinski definition) is 2. The van der Waals surface area contributed by atoms with Crippen LogP contribution in [-0.4, -0.2) is 57.0 Å². The van der Waals surface area contributed by atoms with Gasteiger partial charge >= 0.3 is 12.1 Å². The third kappa shape index (κ3) is 9.48. The number of carbonyl (C=O) groups is 1.